The first-order valence-electron chi connectivity index (χ1n) is 5.54. The average Bonchev–Trinajstić information content (AvgIpc) is 2.31. The molecule has 18 heavy (non-hydrogen) atoms. The molecular weight excluding hydrogens is 297 g/mol. The van der Waals surface area contributed by atoms with Crippen LogP contribution in [0.15, 0.2) is 46.9 Å². The molecule has 0 unspecified atom stereocenters. The van der Waals surface area contributed by atoms with E-state index in [4.69, 9.17) is 10.5 Å². The molecule has 0 bridgehead atoms. The molecule has 0 aliphatic carbocycles. The highest BCUT2D eigenvalue weighted by molar-refractivity contribution is 9.10. The lowest BCUT2D eigenvalue weighted by atomic mass is 10.1. The van der Waals surface area contributed by atoms with Crippen molar-refractivity contribution in [2.45, 2.75) is 13.0 Å². The molecule has 2 aromatic rings. The average molecular weight is 310 g/mol. The van der Waals surface area contributed by atoms with Crippen LogP contribution < -0.4 is 10.5 Å². The highest BCUT2D eigenvalue weighted by atomic mass is 79.9. The molecule has 0 spiro atoms. The molecule has 0 amide bonds. The molecule has 2 nitrogen and oxygen atoms in total. The van der Waals surface area contributed by atoms with Gasteiger partial charge in [-0.3, -0.25) is 0 Å². The fourth-order valence-corrected chi connectivity index (χ4v) is 1.92. The van der Waals surface area contributed by atoms with Crippen molar-refractivity contribution in [2.24, 2.45) is 5.73 Å². The lowest BCUT2D eigenvalue weighted by molar-refractivity contribution is 0.441. The van der Waals surface area contributed by atoms with Crippen molar-refractivity contribution in [3.8, 4) is 11.5 Å². The first kappa shape index (κ1) is 13.1. The standard InChI is InChI=1S/C14H13BrFNO/c1-9(17)10-5-6-14(13(16)7-10)18-12-4-2-3-11(15)8-12/h2-9H,17H2,1H3/t9-/m1/s1. The normalized spacial score (nSPS) is 12.2. The van der Waals surface area contributed by atoms with Crippen LogP contribution in [0.3, 0.4) is 0 Å². The molecule has 0 aliphatic rings. The molecule has 2 N–H and O–H groups in total. The summed E-state index contributed by atoms with van der Waals surface area (Å²) < 4.78 is 20.2. The fourth-order valence-electron chi connectivity index (χ4n) is 1.54. The Bertz CT molecular complexity index is 557. The van der Waals surface area contributed by atoms with Crippen LogP contribution in [0.25, 0.3) is 0 Å². The van der Waals surface area contributed by atoms with Crippen molar-refractivity contribution >= 4 is 15.9 Å². The van der Waals surface area contributed by atoms with Gasteiger partial charge >= 0.3 is 0 Å². The van der Waals surface area contributed by atoms with Crippen molar-refractivity contribution in [3.05, 3.63) is 58.3 Å². The van der Waals surface area contributed by atoms with Gasteiger partial charge in [-0.25, -0.2) is 4.39 Å². The number of rotatable bonds is 3. The lowest BCUT2D eigenvalue weighted by Crippen LogP contribution is -2.05. The summed E-state index contributed by atoms with van der Waals surface area (Å²) in [6, 6.07) is 11.8. The molecular formula is C14H13BrFNO. The predicted molar refractivity (Wildman–Crippen MR) is 73.2 cm³/mol. The third-order valence-corrected chi connectivity index (χ3v) is 3.00. The Labute approximate surface area is 114 Å². The van der Waals surface area contributed by atoms with E-state index in [2.05, 4.69) is 15.9 Å². The zero-order valence-electron chi connectivity index (χ0n) is 9.86. The number of halogens is 2. The van der Waals surface area contributed by atoms with Gasteiger partial charge in [0.1, 0.15) is 5.75 Å². The van der Waals surface area contributed by atoms with E-state index >= 15 is 0 Å². The van der Waals surface area contributed by atoms with E-state index in [0.717, 1.165) is 10.0 Å². The van der Waals surface area contributed by atoms with Crippen molar-refractivity contribution in [1.82, 2.24) is 0 Å². The second kappa shape index (κ2) is 5.50. The molecule has 2 rings (SSSR count). The minimum atomic E-state index is -0.412. The maximum atomic E-state index is 13.8. The Balaban J connectivity index is 2.24. The van der Waals surface area contributed by atoms with Crippen LogP contribution in [0, 0.1) is 5.82 Å². The van der Waals surface area contributed by atoms with Crippen LogP contribution in [0.5, 0.6) is 11.5 Å². The Kier molecular flexibility index (Phi) is 3.99. The van der Waals surface area contributed by atoms with Crippen LogP contribution >= 0.6 is 15.9 Å². The second-order valence-electron chi connectivity index (χ2n) is 4.04. The monoisotopic (exact) mass is 309 g/mol. The summed E-state index contributed by atoms with van der Waals surface area (Å²) in [5.74, 6) is 0.360. The third-order valence-electron chi connectivity index (χ3n) is 2.51. The van der Waals surface area contributed by atoms with Gasteiger partial charge in [-0.2, -0.15) is 0 Å². The maximum Gasteiger partial charge on any atom is 0.166 e. The zero-order valence-corrected chi connectivity index (χ0v) is 11.4. The lowest BCUT2D eigenvalue weighted by Gasteiger charge is -2.10. The molecule has 4 heteroatoms. The highest BCUT2D eigenvalue weighted by Gasteiger charge is 2.08. The first-order chi connectivity index (χ1) is 8.56. The first-order valence-corrected chi connectivity index (χ1v) is 6.34. The largest absolute Gasteiger partial charge is 0.454 e. The van der Waals surface area contributed by atoms with E-state index in [9.17, 15) is 4.39 Å². The van der Waals surface area contributed by atoms with Gasteiger partial charge in [0.25, 0.3) is 0 Å². The van der Waals surface area contributed by atoms with Crippen LogP contribution in [0.2, 0.25) is 0 Å². The summed E-state index contributed by atoms with van der Waals surface area (Å²) in [5.41, 5.74) is 6.44. The van der Waals surface area contributed by atoms with Crippen LogP contribution in [-0.2, 0) is 0 Å². The van der Waals surface area contributed by atoms with Gasteiger partial charge in [0, 0.05) is 10.5 Å². The number of hydrogen-bond acceptors (Lipinski definition) is 2. The Morgan fingerprint density at radius 3 is 2.61 bits per heavy atom. The van der Waals surface area contributed by atoms with Crippen molar-refractivity contribution < 1.29 is 9.13 Å². The van der Waals surface area contributed by atoms with Gasteiger partial charge in [0.2, 0.25) is 0 Å². The summed E-state index contributed by atoms with van der Waals surface area (Å²) >= 11 is 3.33. The smallest absolute Gasteiger partial charge is 0.166 e. The molecule has 1 atom stereocenters. The summed E-state index contributed by atoms with van der Waals surface area (Å²) in [7, 11) is 0. The Morgan fingerprint density at radius 2 is 2.00 bits per heavy atom. The Morgan fingerprint density at radius 1 is 1.22 bits per heavy atom. The number of ether oxygens (including phenoxy) is 1. The minimum Gasteiger partial charge on any atom is -0.454 e. The molecule has 2 aromatic carbocycles. The van der Waals surface area contributed by atoms with E-state index in [1.807, 2.05) is 19.1 Å². The topological polar surface area (TPSA) is 35.2 Å². The van der Waals surface area contributed by atoms with Gasteiger partial charge < -0.3 is 10.5 Å². The fraction of sp³-hybridized carbons (Fsp3) is 0.143. The van der Waals surface area contributed by atoms with Crippen molar-refractivity contribution in [1.29, 1.82) is 0 Å². The van der Waals surface area contributed by atoms with Gasteiger partial charge in [0.15, 0.2) is 11.6 Å². The summed E-state index contributed by atoms with van der Waals surface area (Å²) in [4.78, 5) is 0. The maximum absolute atomic E-state index is 13.8. The van der Waals surface area contributed by atoms with E-state index in [1.165, 1.54) is 6.07 Å². The van der Waals surface area contributed by atoms with Gasteiger partial charge in [-0.15, -0.1) is 0 Å². The summed E-state index contributed by atoms with van der Waals surface area (Å²) in [6.45, 7) is 1.81. The second-order valence-corrected chi connectivity index (χ2v) is 4.95. The quantitative estimate of drug-likeness (QED) is 0.912. The van der Waals surface area contributed by atoms with E-state index in [1.54, 1.807) is 24.3 Å². The van der Waals surface area contributed by atoms with Gasteiger partial charge in [-0.05, 0) is 42.8 Å². The molecule has 0 saturated carbocycles. The van der Waals surface area contributed by atoms with Gasteiger partial charge in [0.05, 0.1) is 0 Å². The highest BCUT2D eigenvalue weighted by Crippen LogP contribution is 2.28. The van der Waals surface area contributed by atoms with Crippen molar-refractivity contribution in [2.75, 3.05) is 0 Å². The van der Waals surface area contributed by atoms with Crippen molar-refractivity contribution in [3.63, 3.8) is 0 Å². The molecule has 94 valence electrons. The molecule has 0 saturated heterocycles. The predicted octanol–water partition coefficient (Wildman–Crippen LogP) is 4.40. The van der Waals surface area contributed by atoms with E-state index < -0.39 is 5.82 Å². The SMILES string of the molecule is C[C@@H](N)c1ccc(Oc2cccc(Br)c2)c(F)c1. The molecule has 0 aliphatic heterocycles. The summed E-state index contributed by atoms with van der Waals surface area (Å²) in [5, 5.41) is 0. The van der Waals surface area contributed by atoms with Crippen LogP contribution in [0.4, 0.5) is 4.39 Å². The van der Waals surface area contributed by atoms with Crippen LogP contribution in [-0.4, -0.2) is 0 Å². The van der Waals surface area contributed by atoms with Gasteiger partial charge in [-0.1, -0.05) is 28.1 Å². The number of benzene rings is 2. The molecule has 0 heterocycles. The molecule has 0 aromatic heterocycles. The summed E-state index contributed by atoms with van der Waals surface area (Å²) in [6.07, 6.45) is 0. The Hall–Kier alpha value is -1.39. The molecule has 0 radical (unpaired) electrons. The third kappa shape index (κ3) is 3.09. The van der Waals surface area contributed by atoms with E-state index in [0.29, 0.717) is 5.75 Å². The number of hydrogen-bond donors (Lipinski definition) is 1. The number of nitrogens with two attached hydrogens (primary N) is 1. The van der Waals surface area contributed by atoms with Crippen LogP contribution in [0.1, 0.15) is 18.5 Å². The van der Waals surface area contributed by atoms with E-state index in [-0.39, 0.29) is 11.8 Å². The minimum absolute atomic E-state index is 0.192. The molecule has 0 fully saturated rings. The zero-order chi connectivity index (χ0) is 13.1.